The molecule has 1 aromatic rings. The number of nitrogens with zero attached hydrogens (tertiary/aromatic N) is 1. The third-order valence-electron chi connectivity index (χ3n) is 3.48. The first-order chi connectivity index (χ1) is 7.85. The van der Waals surface area contributed by atoms with E-state index in [2.05, 4.69) is 48.3 Å². The molecule has 2 rings (SSSR count). The molecule has 1 aromatic carbocycles. The molecule has 0 spiro atoms. The molecule has 1 aliphatic rings. The van der Waals surface area contributed by atoms with Gasteiger partial charge in [-0.15, -0.1) is 0 Å². The van der Waals surface area contributed by atoms with E-state index >= 15 is 0 Å². The van der Waals surface area contributed by atoms with Crippen LogP contribution in [0.4, 0.5) is 5.69 Å². The molecule has 2 nitrogen and oxygen atoms in total. The van der Waals surface area contributed by atoms with Crippen molar-refractivity contribution in [1.82, 2.24) is 5.32 Å². The maximum absolute atomic E-state index is 3.54. The van der Waals surface area contributed by atoms with Crippen LogP contribution in [-0.2, 0) is 0 Å². The fourth-order valence-corrected chi connectivity index (χ4v) is 2.48. The maximum atomic E-state index is 3.54. The zero-order valence-corrected chi connectivity index (χ0v) is 10.4. The molecular weight excluding hydrogens is 196 g/mol. The van der Waals surface area contributed by atoms with E-state index in [1.54, 1.807) is 0 Å². The van der Waals surface area contributed by atoms with Crippen LogP contribution in [0.3, 0.4) is 0 Å². The van der Waals surface area contributed by atoms with E-state index in [-0.39, 0.29) is 0 Å². The molecule has 16 heavy (non-hydrogen) atoms. The average Bonchev–Trinajstić information content (AvgIpc) is 2.85. The lowest BCUT2D eigenvalue weighted by Gasteiger charge is -2.21. The Hall–Kier alpha value is -1.02. The van der Waals surface area contributed by atoms with E-state index in [1.165, 1.54) is 30.6 Å². The Kier molecular flexibility index (Phi) is 3.83. The minimum atomic E-state index is 0.589. The van der Waals surface area contributed by atoms with Crippen LogP contribution in [0.25, 0.3) is 0 Å². The van der Waals surface area contributed by atoms with E-state index < -0.39 is 0 Å². The van der Waals surface area contributed by atoms with Crippen molar-refractivity contribution < 1.29 is 0 Å². The van der Waals surface area contributed by atoms with Crippen molar-refractivity contribution in [3.63, 3.8) is 0 Å². The monoisotopic (exact) mass is 218 g/mol. The molecule has 0 saturated carbocycles. The summed E-state index contributed by atoms with van der Waals surface area (Å²) in [6.07, 6.45) is 2.59. The van der Waals surface area contributed by atoms with Crippen LogP contribution in [0, 0.1) is 0 Å². The number of nitrogens with one attached hydrogen (secondary N) is 1. The minimum absolute atomic E-state index is 0.589. The second kappa shape index (κ2) is 5.35. The SMILES string of the molecule is CCN(CC)c1ccc([C@@H]2CCCN2)cc1. The highest BCUT2D eigenvalue weighted by molar-refractivity contribution is 5.47. The molecular formula is C14H22N2. The second-order valence-electron chi connectivity index (χ2n) is 4.41. The summed E-state index contributed by atoms with van der Waals surface area (Å²) in [5, 5.41) is 3.54. The van der Waals surface area contributed by atoms with Crippen LogP contribution in [0.5, 0.6) is 0 Å². The number of anilines is 1. The van der Waals surface area contributed by atoms with Crippen molar-refractivity contribution >= 4 is 5.69 Å². The fourth-order valence-electron chi connectivity index (χ4n) is 2.48. The maximum Gasteiger partial charge on any atom is 0.0366 e. The first-order valence-corrected chi connectivity index (χ1v) is 6.43. The summed E-state index contributed by atoms with van der Waals surface area (Å²) in [4.78, 5) is 2.38. The van der Waals surface area contributed by atoms with Gasteiger partial charge < -0.3 is 10.2 Å². The Bertz CT molecular complexity index is 287. The van der Waals surface area contributed by atoms with Gasteiger partial charge in [0.25, 0.3) is 0 Å². The molecule has 2 heteroatoms. The van der Waals surface area contributed by atoms with Crippen LogP contribution < -0.4 is 10.2 Å². The first kappa shape index (κ1) is 11.5. The Balaban J connectivity index is 2.09. The normalized spacial score (nSPS) is 20.0. The van der Waals surface area contributed by atoms with Crippen molar-refractivity contribution in [3.8, 4) is 0 Å². The van der Waals surface area contributed by atoms with Gasteiger partial charge in [-0.25, -0.2) is 0 Å². The van der Waals surface area contributed by atoms with Gasteiger partial charge in [0, 0.05) is 24.8 Å². The molecule has 1 saturated heterocycles. The van der Waals surface area contributed by atoms with E-state index in [1.807, 2.05) is 0 Å². The first-order valence-electron chi connectivity index (χ1n) is 6.43. The molecule has 1 atom stereocenters. The third kappa shape index (κ3) is 2.38. The Morgan fingerprint density at radius 1 is 1.19 bits per heavy atom. The number of benzene rings is 1. The lowest BCUT2D eigenvalue weighted by Crippen LogP contribution is -2.21. The summed E-state index contributed by atoms with van der Waals surface area (Å²) < 4.78 is 0. The molecule has 1 heterocycles. The van der Waals surface area contributed by atoms with Gasteiger partial charge in [-0.2, -0.15) is 0 Å². The van der Waals surface area contributed by atoms with E-state index in [0.717, 1.165) is 13.1 Å². The predicted molar refractivity (Wildman–Crippen MR) is 70.0 cm³/mol. The molecule has 0 aliphatic carbocycles. The number of hydrogen-bond acceptors (Lipinski definition) is 2. The Morgan fingerprint density at radius 3 is 2.38 bits per heavy atom. The highest BCUT2D eigenvalue weighted by Crippen LogP contribution is 2.25. The highest BCUT2D eigenvalue weighted by atomic mass is 15.1. The predicted octanol–water partition coefficient (Wildman–Crippen LogP) is 2.96. The summed E-state index contributed by atoms with van der Waals surface area (Å²) in [7, 11) is 0. The van der Waals surface area contributed by atoms with Gasteiger partial charge in [0.05, 0.1) is 0 Å². The van der Waals surface area contributed by atoms with Gasteiger partial charge >= 0.3 is 0 Å². The van der Waals surface area contributed by atoms with Crippen LogP contribution in [-0.4, -0.2) is 19.6 Å². The van der Waals surface area contributed by atoms with Gasteiger partial charge in [-0.3, -0.25) is 0 Å². The summed E-state index contributed by atoms with van der Waals surface area (Å²) in [5.74, 6) is 0. The van der Waals surface area contributed by atoms with Gasteiger partial charge in [0.15, 0.2) is 0 Å². The molecule has 0 amide bonds. The fraction of sp³-hybridized carbons (Fsp3) is 0.571. The lowest BCUT2D eigenvalue weighted by molar-refractivity contribution is 0.647. The zero-order valence-electron chi connectivity index (χ0n) is 10.4. The topological polar surface area (TPSA) is 15.3 Å². The summed E-state index contributed by atoms with van der Waals surface area (Å²) in [6, 6.07) is 9.64. The van der Waals surface area contributed by atoms with E-state index in [9.17, 15) is 0 Å². The largest absolute Gasteiger partial charge is 0.372 e. The molecule has 0 bridgehead atoms. The van der Waals surface area contributed by atoms with Gasteiger partial charge in [-0.1, -0.05) is 12.1 Å². The zero-order chi connectivity index (χ0) is 11.4. The molecule has 1 aliphatic heterocycles. The Labute approximate surface area is 98.7 Å². The van der Waals surface area contributed by atoms with Crippen LogP contribution in [0.15, 0.2) is 24.3 Å². The smallest absolute Gasteiger partial charge is 0.0366 e. The third-order valence-corrected chi connectivity index (χ3v) is 3.48. The van der Waals surface area contributed by atoms with Crippen LogP contribution in [0.2, 0.25) is 0 Å². The van der Waals surface area contributed by atoms with E-state index in [4.69, 9.17) is 0 Å². The van der Waals surface area contributed by atoms with Gasteiger partial charge in [0.2, 0.25) is 0 Å². The van der Waals surface area contributed by atoms with Crippen molar-refractivity contribution in [2.45, 2.75) is 32.7 Å². The van der Waals surface area contributed by atoms with Crippen molar-refractivity contribution in [3.05, 3.63) is 29.8 Å². The van der Waals surface area contributed by atoms with Crippen LogP contribution >= 0.6 is 0 Å². The molecule has 1 fully saturated rings. The van der Waals surface area contributed by atoms with Crippen LogP contribution in [0.1, 0.15) is 38.3 Å². The molecule has 0 aromatic heterocycles. The lowest BCUT2D eigenvalue weighted by atomic mass is 10.0. The molecule has 1 N–H and O–H groups in total. The number of hydrogen-bond donors (Lipinski definition) is 1. The molecule has 0 radical (unpaired) electrons. The average molecular weight is 218 g/mol. The number of rotatable bonds is 4. The van der Waals surface area contributed by atoms with Crippen molar-refractivity contribution in [2.24, 2.45) is 0 Å². The van der Waals surface area contributed by atoms with Gasteiger partial charge in [0.1, 0.15) is 0 Å². The molecule has 88 valence electrons. The van der Waals surface area contributed by atoms with Gasteiger partial charge in [-0.05, 0) is 50.9 Å². The summed E-state index contributed by atoms with van der Waals surface area (Å²) in [5.41, 5.74) is 2.78. The quantitative estimate of drug-likeness (QED) is 0.836. The molecule has 0 unspecified atom stereocenters. The van der Waals surface area contributed by atoms with Crippen molar-refractivity contribution in [2.75, 3.05) is 24.5 Å². The van der Waals surface area contributed by atoms with Crippen molar-refractivity contribution in [1.29, 1.82) is 0 Å². The Morgan fingerprint density at radius 2 is 1.88 bits per heavy atom. The summed E-state index contributed by atoms with van der Waals surface area (Å²) in [6.45, 7) is 7.74. The highest BCUT2D eigenvalue weighted by Gasteiger charge is 2.15. The standard InChI is InChI=1S/C14H22N2/c1-3-16(4-2)13-9-7-12(8-10-13)14-6-5-11-15-14/h7-10,14-15H,3-6,11H2,1-2H3/t14-/m0/s1. The summed E-state index contributed by atoms with van der Waals surface area (Å²) >= 11 is 0. The minimum Gasteiger partial charge on any atom is -0.372 e. The second-order valence-corrected chi connectivity index (χ2v) is 4.41. The van der Waals surface area contributed by atoms with E-state index in [0.29, 0.717) is 6.04 Å².